The molecule has 0 bridgehead atoms. The molecule has 0 fully saturated rings. The zero-order valence-corrected chi connectivity index (χ0v) is 11.6. The Hall–Kier alpha value is -2.31. The number of nitrogens with two attached hydrogens (primary N) is 1. The van der Waals surface area contributed by atoms with E-state index in [0.717, 1.165) is 0 Å². The highest BCUT2D eigenvalue weighted by Gasteiger charge is 2.41. The van der Waals surface area contributed by atoms with Crippen molar-refractivity contribution in [3.05, 3.63) is 41.6 Å². The molecule has 1 aromatic rings. The predicted octanol–water partition coefficient (Wildman–Crippen LogP) is 3.04. The Morgan fingerprint density at radius 3 is 2.48 bits per heavy atom. The molecule has 114 valence electrons. The summed E-state index contributed by atoms with van der Waals surface area (Å²) in [5.74, 6) is -1.16. The van der Waals surface area contributed by atoms with Crippen LogP contribution in [0.3, 0.4) is 0 Å². The number of aryl methyl sites for hydroxylation is 1. The van der Waals surface area contributed by atoms with E-state index in [-0.39, 0.29) is 12.3 Å². The Morgan fingerprint density at radius 1 is 1.38 bits per heavy atom. The number of halogens is 3. The minimum atomic E-state index is -4.83. The maximum absolute atomic E-state index is 13.1. The second-order valence-corrected chi connectivity index (χ2v) is 4.05. The molecule has 0 saturated carbocycles. The van der Waals surface area contributed by atoms with Gasteiger partial charge in [-0.3, -0.25) is 0 Å². The maximum Gasteiger partial charge on any atom is 0.434 e. The quantitative estimate of drug-likeness (QED) is 0.528. The zero-order valence-electron chi connectivity index (χ0n) is 11.6. The van der Waals surface area contributed by atoms with E-state index in [1.807, 2.05) is 0 Å². The number of hydrogen-bond donors (Lipinski definition) is 1. The lowest BCUT2D eigenvalue weighted by atomic mass is 10.1. The summed E-state index contributed by atoms with van der Waals surface area (Å²) in [5, 5.41) is 0. The van der Waals surface area contributed by atoms with Crippen molar-refractivity contribution in [1.29, 1.82) is 0 Å². The second-order valence-electron chi connectivity index (χ2n) is 4.05. The zero-order chi connectivity index (χ0) is 16.0. The molecule has 0 heterocycles. The van der Waals surface area contributed by atoms with Crippen LogP contribution in [0.4, 0.5) is 18.9 Å². The number of para-hydroxylation sites is 1. The van der Waals surface area contributed by atoms with E-state index in [0.29, 0.717) is 11.8 Å². The van der Waals surface area contributed by atoms with Gasteiger partial charge in [-0.05, 0) is 25.5 Å². The molecule has 2 N–H and O–H groups in total. The molecule has 0 aromatic heterocycles. The van der Waals surface area contributed by atoms with E-state index in [1.54, 1.807) is 25.1 Å². The summed E-state index contributed by atoms with van der Waals surface area (Å²) in [6, 6.07) is 6.26. The molecule has 0 aliphatic rings. The number of ether oxygens (including phenoxy) is 1. The first-order valence-corrected chi connectivity index (χ1v) is 6.12. The van der Waals surface area contributed by atoms with Gasteiger partial charge in [0, 0.05) is 6.20 Å². The van der Waals surface area contributed by atoms with Crippen LogP contribution in [-0.2, 0) is 9.53 Å². The molecule has 0 unspecified atom stereocenters. The van der Waals surface area contributed by atoms with Crippen molar-refractivity contribution in [3.8, 4) is 0 Å². The molecule has 0 aliphatic heterocycles. The lowest BCUT2D eigenvalue weighted by molar-refractivity contribution is -0.138. The standard InChI is InChI=1S/C14H15F3N2O2/c1-3-21-13(20)10(8-18)12(14(15,16)17)19-11-7-5-4-6-9(11)2/h4-8H,3,18H2,1-2H3. The summed E-state index contributed by atoms with van der Waals surface area (Å²) in [6.45, 7) is 3.03. The normalized spacial score (nSPS) is 13.2. The van der Waals surface area contributed by atoms with Crippen molar-refractivity contribution in [1.82, 2.24) is 0 Å². The van der Waals surface area contributed by atoms with Crippen molar-refractivity contribution in [2.24, 2.45) is 10.7 Å². The molecular weight excluding hydrogens is 285 g/mol. The summed E-state index contributed by atoms with van der Waals surface area (Å²) in [5.41, 5.74) is 3.61. The summed E-state index contributed by atoms with van der Waals surface area (Å²) >= 11 is 0. The summed E-state index contributed by atoms with van der Waals surface area (Å²) in [7, 11) is 0. The van der Waals surface area contributed by atoms with Gasteiger partial charge in [-0.2, -0.15) is 13.2 Å². The van der Waals surface area contributed by atoms with Gasteiger partial charge in [0.05, 0.1) is 12.3 Å². The average Bonchev–Trinajstić information content (AvgIpc) is 2.40. The highest BCUT2D eigenvalue weighted by Crippen LogP contribution is 2.27. The fraction of sp³-hybridized carbons (Fsp3) is 0.286. The molecule has 0 amide bonds. The van der Waals surface area contributed by atoms with Crippen LogP contribution in [0.25, 0.3) is 0 Å². The average molecular weight is 300 g/mol. The van der Waals surface area contributed by atoms with Gasteiger partial charge < -0.3 is 10.5 Å². The molecule has 0 atom stereocenters. The first-order valence-electron chi connectivity index (χ1n) is 6.12. The number of aliphatic imine (C=N–C) groups is 1. The van der Waals surface area contributed by atoms with Crippen LogP contribution in [-0.4, -0.2) is 24.5 Å². The highest BCUT2D eigenvalue weighted by molar-refractivity contribution is 6.22. The Balaban J connectivity index is 3.37. The number of carbonyl (C=O) groups is 1. The van der Waals surface area contributed by atoms with Gasteiger partial charge in [-0.1, -0.05) is 18.2 Å². The van der Waals surface area contributed by atoms with Gasteiger partial charge in [0.1, 0.15) is 5.57 Å². The first kappa shape index (κ1) is 16.7. The summed E-state index contributed by atoms with van der Waals surface area (Å²) in [6.07, 6.45) is -4.27. The van der Waals surface area contributed by atoms with E-state index < -0.39 is 23.4 Å². The molecule has 0 spiro atoms. The Kier molecular flexibility index (Phi) is 5.52. The smallest absolute Gasteiger partial charge is 0.434 e. The van der Waals surface area contributed by atoms with E-state index in [2.05, 4.69) is 9.73 Å². The Labute approximate surface area is 120 Å². The molecule has 1 rings (SSSR count). The van der Waals surface area contributed by atoms with Gasteiger partial charge >= 0.3 is 12.1 Å². The fourth-order valence-electron chi connectivity index (χ4n) is 1.54. The molecule has 7 heteroatoms. The van der Waals surface area contributed by atoms with Crippen LogP contribution in [0.5, 0.6) is 0 Å². The van der Waals surface area contributed by atoms with Crippen molar-refractivity contribution in [2.75, 3.05) is 6.61 Å². The van der Waals surface area contributed by atoms with Crippen molar-refractivity contribution in [3.63, 3.8) is 0 Å². The van der Waals surface area contributed by atoms with Crippen LogP contribution < -0.4 is 5.73 Å². The van der Waals surface area contributed by atoms with Gasteiger partial charge in [-0.25, -0.2) is 9.79 Å². The third kappa shape index (κ3) is 4.34. The van der Waals surface area contributed by atoms with Gasteiger partial charge in [-0.15, -0.1) is 0 Å². The molecule has 1 aromatic carbocycles. The molecule has 21 heavy (non-hydrogen) atoms. The van der Waals surface area contributed by atoms with Crippen molar-refractivity contribution >= 4 is 17.4 Å². The Bertz CT molecular complexity index is 578. The monoisotopic (exact) mass is 300 g/mol. The lowest BCUT2D eigenvalue weighted by Crippen LogP contribution is -2.30. The molecule has 0 saturated heterocycles. The minimum Gasteiger partial charge on any atom is -0.462 e. The summed E-state index contributed by atoms with van der Waals surface area (Å²) in [4.78, 5) is 15.1. The molecule has 0 aliphatic carbocycles. The molecule has 0 radical (unpaired) electrons. The van der Waals surface area contributed by atoms with Crippen LogP contribution in [0.2, 0.25) is 0 Å². The van der Waals surface area contributed by atoms with E-state index in [1.165, 1.54) is 13.0 Å². The van der Waals surface area contributed by atoms with Crippen LogP contribution in [0.1, 0.15) is 12.5 Å². The fourth-order valence-corrected chi connectivity index (χ4v) is 1.54. The topological polar surface area (TPSA) is 64.7 Å². The Morgan fingerprint density at radius 2 is 2.00 bits per heavy atom. The third-order valence-electron chi connectivity index (χ3n) is 2.53. The first-order chi connectivity index (χ1) is 9.81. The number of hydrogen-bond acceptors (Lipinski definition) is 4. The minimum absolute atomic E-state index is 0.0638. The SMILES string of the molecule is CCOC(=O)C(=CN)C(=Nc1ccccc1C)C(F)(F)F. The van der Waals surface area contributed by atoms with Crippen LogP contribution >= 0.6 is 0 Å². The molecule has 4 nitrogen and oxygen atoms in total. The number of alkyl halides is 3. The van der Waals surface area contributed by atoms with Gasteiger partial charge in [0.15, 0.2) is 5.71 Å². The van der Waals surface area contributed by atoms with Crippen LogP contribution in [0.15, 0.2) is 41.0 Å². The largest absolute Gasteiger partial charge is 0.462 e. The van der Waals surface area contributed by atoms with E-state index in [4.69, 9.17) is 5.73 Å². The number of rotatable bonds is 4. The number of carbonyl (C=O) groups excluding carboxylic acids is 1. The van der Waals surface area contributed by atoms with Crippen LogP contribution in [0, 0.1) is 6.92 Å². The van der Waals surface area contributed by atoms with Crippen molar-refractivity contribution in [2.45, 2.75) is 20.0 Å². The van der Waals surface area contributed by atoms with E-state index in [9.17, 15) is 18.0 Å². The highest BCUT2D eigenvalue weighted by atomic mass is 19.4. The molecular formula is C14H15F3N2O2. The third-order valence-corrected chi connectivity index (χ3v) is 2.53. The maximum atomic E-state index is 13.1. The predicted molar refractivity (Wildman–Crippen MR) is 73.2 cm³/mol. The van der Waals surface area contributed by atoms with Gasteiger partial charge in [0.25, 0.3) is 0 Å². The number of nitrogens with zero attached hydrogens (tertiary/aromatic N) is 1. The van der Waals surface area contributed by atoms with E-state index >= 15 is 0 Å². The van der Waals surface area contributed by atoms with Gasteiger partial charge in [0.2, 0.25) is 0 Å². The van der Waals surface area contributed by atoms with Crippen molar-refractivity contribution < 1.29 is 22.7 Å². The number of esters is 1. The second kappa shape index (κ2) is 6.92. The number of benzene rings is 1. The lowest BCUT2D eigenvalue weighted by Gasteiger charge is -2.13. The summed E-state index contributed by atoms with van der Waals surface area (Å²) < 4.78 is 44.0.